The second-order valence-corrected chi connectivity index (χ2v) is 5.58. The van der Waals surface area contributed by atoms with Gasteiger partial charge in [-0.3, -0.25) is 0 Å². The summed E-state index contributed by atoms with van der Waals surface area (Å²) in [4.78, 5) is 0. The van der Waals surface area contributed by atoms with Gasteiger partial charge in [0.15, 0.2) is 0 Å². The van der Waals surface area contributed by atoms with Gasteiger partial charge in [0, 0.05) is 6.04 Å². The number of halogens is 3. The average molecular weight is 271 g/mol. The van der Waals surface area contributed by atoms with Crippen LogP contribution in [0.25, 0.3) is 0 Å². The Labute approximate surface area is 112 Å². The SMILES string of the molecule is Cc1cc(C)c(C2CC(C(F)(F)F)CCN2)c(C)c1. The van der Waals surface area contributed by atoms with Gasteiger partial charge in [-0.15, -0.1) is 0 Å². The van der Waals surface area contributed by atoms with Gasteiger partial charge in [-0.05, 0) is 56.8 Å². The van der Waals surface area contributed by atoms with E-state index in [1.165, 1.54) is 0 Å². The fraction of sp³-hybridized carbons (Fsp3) is 0.600. The molecule has 0 bridgehead atoms. The van der Waals surface area contributed by atoms with Crippen molar-refractivity contribution in [3.8, 4) is 0 Å². The number of rotatable bonds is 1. The minimum absolute atomic E-state index is 0.147. The molecule has 0 aromatic heterocycles. The molecule has 1 saturated heterocycles. The maximum Gasteiger partial charge on any atom is 0.391 e. The molecule has 1 aromatic rings. The van der Waals surface area contributed by atoms with Gasteiger partial charge in [0.05, 0.1) is 5.92 Å². The Bertz CT molecular complexity index is 442. The van der Waals surface area contributed by atoms with Gasteiger partial charge in [0.1, 0.15) is 0 Å². The molecular weight excluding hydrogens is 251 g/mol. The fourth-order valence-electron chi connectivity index (χ4n) is 3.18. The molecule has 1 fully saturated rings. The average Bonchev–Trinajstić information content (AvgIpc) is 2.26. The summed E-state index contributed by atoms with van der Waals surface area (Å²) in [6, 6.07) is 3.91. The Balaban J connectivity index is 2.27. The summed E-state index contributed by atoms with van der Waals surface area (Å²) in [5.74, 6) is -1.18. The molecule has 1 aromatic carbocycles. The lowest BCUT2D eigenvalue weighted by Crippen LogP contribution is -2.38. The predicted octanol–water partition coefficient (Wildman–Crippen LogP) is 4.21. The number of alkyl halides is 3. The van der Waals surface area contributed by atoms with Crippen molar-refractivity contribution < 1.29 is 13.2 Å². The van der Waals surface area contributed by atoms with E-state index in [1.807, 2.05) is 32.9 Å². The van der Waals surface area contributed by atoms with Gasteiger partial charge in [0.25, 0.3) is 0 Å². The summed E-state index contributed by atoms with van der Waals surface area (Å²) < 4.78 is 38.6. The Morgan fingerprint density at radius 3 is 2.21 bits per heavy atom. The summed E-state index contributed by atoms with van der Waals surface area (Å²) in [6.45, 7) is 6.40. The summed E-state index contributed by atoms with van der Waals surface area (Å²) in [5.41, 5.74) is 4.36. The molecule has 1 aliphatic heterocycles. The molecule has 4 heteroatoms. The van der Waals surface area contributed by atoms with Crippen molar-refractivity contribution in [1.82, 2.24) is 5.32 Å². The predicted molar refractivity (Wildman–Crippen MR) is 70.2 cm³/mol. The number of hydrogen-bond acceptors (Lipinski definition) is 1. The highest BCUT2D eigenvalue weighted by atomic mass is 19.4. The molecule has 1 heterocycles. The van der Waals surface area contributed by atoms with Crippen molar-refractivity contribution in [1.29, 1.82) is 0 Å². The van der Waals surface area contributed by atoms with Gasteiger partial charge in [-0.1, -0.05) is 17.7 Å². The van der Waals surface area contributed by atoms with Crippen molar-refractivity contribution in [2.24, 2.45) is 5.92 Å². The lowest BCUT2D eigenvalue weighted by atomic mass is 9.84. The van der Waals surface area contributed by atoms with Crippen LogP contribution in [-0.2, 0) is 0 Å². The van der Waals surface area contributed by atoms with Gasteiger partial charge in [0.2, 0.25) is 0 Å². The normalized spacial score (nSPS) is 24.5. The molecule has 0 radical (unpaired) electrons. The van der Waals surface area contributed by atoms with Crippen LogP contribution < -0.4 is 5.32 Å². The van der Waals surface area contributed by atoms with E-state index in [4.69, 9.17) is 0 Å². The van der Waals surface area contributed by atoms with Crippen molar-refractivity contribution >= 4 is 0 Å². The van der Waals surface area contributed by atoms with Gasteiger partial charge in [-0.2, -0.15) is 13.2 Å². The van der Waals surface area contributed by atoms with Gasteiger partial charge in [-0.25, -0.2) is 0 Å². The number of benzene rings is 1. The highest BCUT2D eigenvalue weighted by Gasteiger charge is 2.42. The zero-order valence-electron chi connectivity index (χ0n) is 11.6. The van der Waals surface area contributed by atoms with Crippen LogP contribution in [0.2, 0.25) is 0 Å². The van der Waals surface area contributed by atoms with Crippen molar-refractivity contribution in [3.63, 3.8) is 0 Å². The van der Waals surface area contributed by atoms with Crippen LogP contribution in [-0.4, -0.2) is 12.7 Å². The van der Waals surface area contributed by atoms with Crippen LogP contribution in [0.1, 0.15) is 41.1 Å². The number of hydrogen-bond donors (Lipinski definition) is 1. The zero-order valence-corrected chi connectivity index (χ0v) is 11.6. The first-order chi connectivity index (χ1) is 8.79. The lowest BCUT2D eigenvalue weighted by molar-refractivity contribution is -0.183. The topological polar surface area (TPSA) is 12.0 Å². The first-order valence-corrected chi connectivity index (χ1v) is 6.67. The van der Waals surface area contributed by atoms with Crippen LogP contribution >= 0.6 is 0 Å². The highest BCUT2D eigenvalue weighted by Crippen LogP contribution is 2.39. The monoisotopic (exact) mass is 271 g/mol. The second-order valence-electron chi connectivity index (χ2n) is 5.58. The van der Waals surface area contributed by atoms with Gasteiger partial charge >= 0.3 is 6.18 Å². The van der Waals surface area contributed by atoms with Crippen molar-refractivity contribution in [2.75, 3.05) is 6.54 Å². The molecule has 0 saturated carbocycles. The van der Waals surface area contributed by atoms with Crippen molar-refractivity contribution in [2.45, 2.75) is 45.8 Å². The molecule has 2 unspecified atom stereocenters. The fourth-order valence-corrected chi connectivity index (χ4v) is 3.18. The standard InChI is InChI=1S/C15H20F3N/c1-9-6-10(2)14(11(3)7-9)13-8-12(4-5-19-13)15(16,17)18/h6-7,12-13,19H,4-5,8H2,1-3H3. The number of aryl methyl sites for hydroxylation is 3. The second kappa shape index (κ2) is 5.16. The molecule has 19 heavy (non-hydrogen) atoms. The maximum atomic E-state index is 12.9. The summed E-state index contributed by atoms with van der Waals surface area (Å²) in [6.07, 6.45) is -3.74. The van der Waals surface area contributed by atoms with E-state index in [1.54, 1.807) is 0 Å². The number of nitrogens with one attached hydrogen (secondary N) is 1. The van der Waals surface area contributed by atoms with Crippen LogP contribution in [0.5, 0.6) is 0 Å². The minimum atomic E-state index is -4.08. The molecule has 0 spiro atoms. The Morgan fingerprint density at radius 2 is 1.68 bits per heavy atom. The van der Waals surface area contributed by atoms with E-state index in [-0.39, 0.29) is 18.9 Å². The molecule has 2 rings (SSSR count). The first-order valence-electron chi connectivity index (χ1n) is 6.67. The third-order valence-corrected chi connectivity index (χ3v) is 3.95. The summed E-state index contributed by atoms with van der Waals surface area (Å²) in [5, 5.41) is 3.24. The van der Waals surface area contributed by atoms with E-state index in [0.717, 1.165) is 22.3 Å². The third-order valence-electron chi connectivity index (χ3n) is 3.95. The Hall–Kier alpha value is -1.03. The molecule has 2 atom stereocenters. The molecular formula is C15H20F3N. The molecule has 0 aliphatic carbocycles. The Morgan fingerprint density at radius 1 is 1.11 bits per heavy atom. The maximum absolute atomic E-state index is 12.9. The molecule has 0 amide bonds. The lowest BCUT2D eigenvalue weighted by Gasteiger charge is -2.33. The molecule has 1 nitrogen and oxygen atoms in total. The van der Waals surface area contributed by atoms with E-state index in [0.29, 0.717) is 6.54 Å². The minimum Gasteiger partial charge on any atom is -0.310 e. The highest BCUT2D eigenvalue weighted by molar-refractivity contribution is 5.39. The summed E-state index contributed by atoms with van der Waals surface area (Å²) in [7, 11) is 0. The van der Waals surface area contributed by atoms with Crippen LogP contribution in [0, 0.1) is 26.7 Å². The first kappa shape index (κ1) is 14.4. The van der Waals surface area contributed by atoms with E-state index in [9.17, 15) is 13.2 Å². The van der Waals surface area contributed by atoms with E-state index < -0.39 is 12.1 Å². The third kappa shape index (κ3) is 3.11. The van der Waals surface area contributed by atoms with Gasteiger partial charge < -0.3 is 5.32 Å². The Kier molecular flexibility index (Phi) is 3.90. The quantitative estimate of drug-likeness (QED) is 0.806. The molecule has 1 N–H and O–H groups in total. The number of piperidine rings is 1. The van der Waals surface area contributed by atoms with Crippen LogP contribution in [0.15, 0.2) is 12.1 Å². The van der Waals surface area contributed by atoms with E-state index in [2.05, 4.69) is 5.32 Å². The molecule has 106 valence electrons. The van der Waals surface area contributed by atoms with Crippen LogP contribution in [0.3, 0.4) is 0 Å². The molecule has 1 aliphatic rings. The van der Waals surface area contributed by atoms with E-state index >= 15 is 0 Å². The smallest absolute Gasteiger partial charge is 0.310 e. The zero-order chi connectivity index (χ0) is 14.2. The largest absolute Gasteiger partial charge is 0.391 e. The summed E-state index contributed by atoms with van der Waals surface area (Å²) >= 11 is 0. The van der Waals surface area contributed by atoms with Crippen LogP contribution in [0.4, 0.5) is 13.2 Å². The van der Waals surface area contributed by atoms with Crippen molar-refractivity contribution in [3.05, 3.63) is 34.4 Å².